The topological polar surface area (TPSA) is 72.8 Å². The van der Waals surface area contributed by atoms with Crippen LogP contribution in [-0.4, -0.2) is 30.3 Å². The normalized spacial score (nSPS) is 17.7. The predicted octanol–water partition coefficient (Wildman–Crippen LogP) is 2.58. The first-order valence-corrected chi connectivity index (χ1v) is 6.17. The number of pyridine rings is 1. The first-order chi connectivity index (χ1) is 9.06. The van der Waals surface area contributed by atoms with Crippen LogP contribution < -0.4 is 5.32 Å². The molecule has 2 rings (SSSR count). The Hall–Kier alpha value is -1.53. The van der Waals surface area contributed by atoms with E-state index in [1.54, 1.807) is 13.1 Å². The molecule has 0 aromatic carbocycles. The highest BCUT2D eigenvalue weighted by Gasteiger charge is 2.26. The molecule has 1 aromatic rings. The summed E-state index contributed by atoms with van der Waals surface area (Å²) in [6, 6.07) is 1.68. The maximum atomic E-state index is 11.6. The van der Waals surface area contributed by atoms with Crippen molar-refractivity contribution in [3.8, 4) is 0 Å². The Morgan fingerprint density at radius 2 is 2.32 bits per heavy atom. The van der Waals surface area contributed by atoms with E-state index in [0.29, 0.717) is 23.0 Å². The summed E-state index contributed by atoms with van der Waals surface area (Å²) >= 11 is 11.8. The second kappa shape index (κ2) is 5.63. The van der Waals surface area contributed by atoms with Gasteiger partial charge in [0.25, 0.3) is 0 Å². The second-order valence-corrected chi connectivity index (χ2v) is 4.58. The number of hydrogen-bond donors (Lipinski definition) is 1. The molecule has 1 atom stereocenters. The molecular formula is C11H11Cl2N3O3. The molecule has 2 heterocycles. The van der Waals surface area contributed by atoms with Crippen molar-refractivity contribution >= 4 is 40.0 Å². The molecule has 19 heavy (non-hydrogen) atoms. The number of esters is 1. The van der Waals surface area contributed by atoms with Crippen LogP contribution in [0.15, 0.2) is 11.2 Å². The van der Waals surface area contributed by atoms with E-state index >= 15 is 0 Å². The fourth-order valence-corrected chi connectivity index (χ4v) is 2.08. The van der Waals surface area contributed by atoms with Gasteiger partial charge >= 0.3 is 5.97 Å². The van der Waals surface area contributed by atoms with E-state index in [9.17, 15) is 4.79 Å². The molecule has 1 aliphatic rings. The molecular weight excluding hydrogens is 293 g/mol. The highest BCUT2D eigenvalue weighted by atomic mass is 35.5. The van der Waals surface area contributed by atoms with Gasteiger partial charge in [-0.05, 0) is 6.07 Å². The van der Waals surface area contributed by atoms with Crippen LogP contribution in [-0.2, 0) is 9.57 Å². The Morgan fingerprint density at radius 3 is 2.84 bits per heavy atom. The largest absolute Gasteiger partial charge is 0.464 e. The molecule has 0 saturated heterocycles. The van der Waals surface area contributed by atoms with E-state index in [-0.39, 0.29) is 10.7 Å². The van der Waals surface area contributed by atoms with Gasteiger partial charge in [0.05, 0.1) is 23.5 Å². The number of ether oxygens (including phenoxy) is 1. The van der Waals surface area contributed by atoms with Crippen LogP contribution in [0.25, 0.3) is 0 Å². The minimum Gasteiger partial charge on any atom is -0.464 e. The van der Waals surface area contributed by atoms with Crippen molar-refractivity contribution < 1.29 is 14.4 Å². The zero-order valence-corrected chi connectivity index (χ0v) is 11.7. The minimum absolute atomic E-state index is 0.0256. The summed E-state index contributed by atoms with van der Waals surface area (Å²) in [5.74, 6) is -0.617. The number of aromatic nitrogens is 1. The van der Waals surface area contributed by atoms with Crippen molar-refractivity contribution in [2.24, 2.45) is 5.16 Å². The van der Waals surface area contributed by atoms with E-state index in [0.717, 1.165) is 0 Å². The Morgan fingerprint density at radius 1 is 1.58 bits per heavy atom. The highest BCUT2D eigenvalue weighted by molar-refractivity contribution is 6.65. The average molecular weight is 304 g/mol. The van der Waals surface area contributed by atoms with E-state index in [1.807, 2.05) is 0 Å². The number of hydrogen-bond acceptors (Lipinski definition) is 6. The Bertz CT molecular complexity index is 548. The minimum atomic E-state index is -0.617. The Balaban J connectivity index is 2.42. The second-order valence-electron chi connectivity index (χ2n) is 3.76. The zero-order valence-electron chi connectivity index (χ0n) is 10.2. The standard InChI is InChI=1S/C11H11Cl2N3O3/c1-14-6-3-5(7-4-8(12)16-19-7)15-10(9(6)13)11(17)18-2/h3,7H,4H2,1-2H3,(H,14,15). The van der Waals surface area contributed by atoms with Gasteiger partial charge < -0.3 is 14.9 Å². The quantitative estimate of drug-likeness (QED) is 0.869. The average Bonchev–Trinajstić information content (AvgIpc) is 2.84. The first-order valence-electron chi connectivity index (χ1n) is 5.41. The van der Waals surface area contributed by atoms with E-state index in [1.165, 1.54) is 7.11 Å². The number of anilines is 1. The van der Waals surface area contributed by atoms with Crippen LogP contribution >= 0.6 is 23.2 Å². The molecule has 0 aliphatic carbocycles. The van der Waals surface area contributed by atoms with Crippen LogP contribution in [0.3, 0.4) is 0 Å². The van der Waals surface area contributed by atoms with Crippen molar-refractivity contribution in [1.82, 2.24) is 4.98 Å². The predicted molar refractivity (Wildman–Crippen MR) is 71.9 cm³/mol. The van der Waals surface area contributed by atoms with Crippen LogP contribution in [0.2, 0.25) is 5.02 Å². The zero-order chi connectivity index (χ0) is 14.0. The molecule has 8 heteroatoms. The number of carbonyl (C=O) groups excluding carboxylic acids is 1. The summed E-state index contributed by atoms with van der Waals surface area (Å²) < 4.78 is 4.65. The van der Waals surface area contributed by atoms with Gasteiger partial charge in [-0.2, -0.15) is 0 Å². The van der Waals surface area contributed by atoms with Gasteiger partial charge in [0.2, 0.25) is 0 Å². The van der Waals surface area contributed by atoms with Crippen molar-refractivity contribution in [2.45, 2.75) is 12.5 Å². The molecule has 6 nitrogen and oxygen atoms in total. The van der Waals surface area contributed by atoms with Crippen LogP contribution in [0.1, 0.15) is 28.7 Å². The lowest BCUT2D eigenvalue weighted by molar-refractivity contribution is 0.0589. The molecule has 0 saturated carbocycles. The van der Waals surface area contributed by atoms with Crippen molar-refractivity contribution in [1.29, 1.82) is 0 Å². The summed E-state index contributed by atoms with van der Waals surface area (Å²) in [5, 5.41) is 7.07. The van der Waals surface area contributed by atoms with Gasteiger partial charge in [-0.3, -0.25) is 0 Å². The summed E-state index contributed by atoms with van der Waals surface area (Å²) in [6.45, 7) is 0. The fourth-order valence-electron chi connectivity index (χ4n) is 1.63. The number of carbonyl (C=O) groups is 1. The third-order valence-electron chi connectivity index (χ3n) is 2.59. The van der Waals surface area contributed by atoms with E-state index in [2.05, 4.69) is 20.2 Å². The monoisotopic (exact) mass is 303 g/mol. The first kappa shape index (κ1) is 13.9. The molecule has 0 fully saturated rings. The highest BCUT2D eigenvalue weighted by Crippen LogP contribution is 2.33. The molecule has 1 aliphatic heterocycles. The number of oxime groups is 1. The number of halogens is 2. The Kier molecular flexibility index (Phi) is 4.11. The van der Waals surface area contributed by atoms with Gasteiger partial charge in [0.15, 0.2) is 11.8 Å². The Labute approximate surface area is 119 Å². The molecule has 1 aromatic heterocycles. The van der Waals surface area contributed by atoms with Crippen molar-refractivity contribution in [2.75, 3.05) is 19.5 Å². The number of methoxy groups -OCH3 is 1. The van der Waals surface area contributed by atoms with Crippen LogP contribution in [0.4, 0.5) is 5.69 Å². The SMILES string of the molecule is CNc1cc(C2CC(Cl)=NO2)nc(C(=O)OC)c1Cl. The molecule has 0 amide bonds. The number of nitrogens with zero attached hydrogens (tertiary/aromatic N) is 2. The lowest BCUT2D eigenvalue weighted by Crippen LogP contribution is -2.11. The maximum absolute atomic E-state index is 11.6. The fraction of sp³-hybridized carbons (Fsp3) is 0.364. The van der Waals surface area contributed by atoms with Gasteiger partial charge in [0.1, 0.15) is 5.17 Å². The summed E-state index contributed by atoms with van der Waals surface area (Å²) in [7, 11) is 2.95. The lowest BCUT2D eigenvalue weighted by atomic mass is 10.1. The summed E-state index contributed by atoms with van der Waals surface area (Å²) in [6.07, 6.45) is -0.0276. The third kappa shape index (κ3) is 2.74. The number of rotatable bonds is 3. The molecule has 1 unspecified atom stereocenters. The lowest BCUT2D eigenvalue weighted by Gasteiger charge is -2.13. The van der Waals surface area contributed by atoms with E-state index in [4.69, 9.17) is 28.0 Å². The smallest absolute Gasteiger partial charge is 0.358 e. The molecule has 0 radical (unpaired) electrons. The third-order valence-corrected chi connectivity index (χ3v) is 3.19. The van der Waals surface area contributed by atoms with Crippen molar-refractivity contribution in [3.05, 3.63) is 22.5 Å². The summed E-state index contributed by atoms with van der Waals surface area (Å²) in [5.41, 5.74) is 1.09. The molecule has 102 valence electrons. The van der Waals surface area contributed by atoms with Gasteiger partial charge in [-0.1, -0.05) is 28.4 Å². The van der Waals surface area contributed by atoms with Gasteiger partial charge in [-0.15, -0.1) is 0 Å². The molecule has 0 bridgehead atoms. The summed E-state index contributed by atoms with van der Waals surface area (Å²) in [4.78, 5) is 20.9. The van der Waals surface area contributed by atoms with Crippen LogP contribution in [0.5, 0.6) is 0 Å². The molecule has 1 N–H and O–H groups in total. The molecule has 0 spiro atoms. The maximum Gasteiger partial charge on any atom is 0.358 e. The van der Waals surface area contributed by atoms with Gasteiger partial charge in [-0.25, -0.2) is 9.78 Å². The van der Waals surface area contributed by atoms with Crippen molar-refractivity contribution in [3.63, 3.8) is 0 Å². The van der Waals surface area contributed by atoms with Gasteiger partial charge in [0, 0.05) is 13.5 Å². The number of nitrogens with one attached hydrogen (secondary N) is 1. The van der Waals surface area contributed by atoms with Crippen LogP contribution in [0, 0.1) is 0 Å². The van der Waals surface area contributed by atoms with E-state index < -0.39 is 12.1 Å².